The van der Waals surface area contributed by atoms with Gasteiger partial charge < -0.3 is 14.4 Å². The van der Waals surface area contributed by atoms with Crippen LogP contribution in [0.5, 0.6) is 5.75 Å². The zero-order valence-corrected chi connectivity index (χ0v) is 10.4. The highest BCUT2D eigenvalue weighted by molar-refractivity contribution is 5.89. The topological polar surface area (TPSA) is 53.7 Å². The summed E-state index contributed by atoms with van der Waals surface area (Å²) in [5, 5.41) is 10.5. The van der Waals surface area contributed by atoms with E-state index >= 15 is 0 Å². The minimum atomic E-state index is -0.168. The molecule has 1 aromatic carbocycles. The summed E-state index contributed by atoms with van der Waals surface area (Å²) < 4.78 is 5.66. The van der Waals surface area contributed by atoms with Gasteiger partial charge in [-0.3, -0.25) is 4.79 Å². The van der Waals surface area contributed by atoms with Gasteiger partial charge in [-0.2, -0.15) is 0 Å². The molecule has 0 radical (unpaired) electrons. The SMILES string of the molecule is C=CC(=O)N(C)Cc1oc2cccc(O)c2c1C. The number of benzene rings is 1. The van der Waals surface area contributed by atoms with Gasteiger partial charge in [-0.15, -0.1) is 0 Å². The van der Waals surface area contributed by atoms with E-state index in [2.05, 4.69) is 6.58 Å². The number of aromatic hydroxyl groups is 1. The van der Waals surface area contributed by atoms with Crippen molar-refractivity contribution in [1.29, 1.82) is 0 Å². The monoisotopic (exact) mass is 245 g/mol. The summed E-state index contributed by atoms with van der Waals surface area (Å²) in [5.74, 6) is 0.695. The van der Waals surface area contributed by atoms with Crippen molar-refractivity contribution in [3.05, 3.63) is 42.2 Å². The highest BCUT2D eigenvalue weighted by Crippen LogP contribution is 2.32. The lowest BCUT2D eigenvalue weighted by Gasteiger charge is -2.13. The summed E-state index contributed by atoms with van der Waals surface area (Å²) in [6.45, 7) is 5.66. The van der Waals surface area contributed by atoms with E-state index < -0.39 is 0 Å². The van der Waals surface area contributed by atoms with Crippen molar-refractivity contribution in [2.45, 2.75) is 13.5 Å². The first-order valence-electron chi connectivity index (χ1n) is 5.62. The number of phenolic OH excluding ortho intramolecular Hbond substituents is 1. The van der Waals surface area contributed by atoms with Gasteiger partial charge in [-0.05, 0) is 25.1 Å². The van der Waals surface area contributed by atoms with Crippen LogP contribution in [0.1, 0.15) is 11.3 Å². The fourth-order valence-corrected chi connectivity index (χ4v) is 1.93. The third-order valence-corrected chi connectivity index (χ3v) is 2.96. The Bertz CT molecular complexity index is 613. The van der Waals surface area contributed by atoms with Crippen LogP contribution in [0.15, 0.2) is 35.3 Å². The van der Waals surface area contributed by atoms with Crippen LogP contribution in [0.2, 0.25) is 0 Å². The van der Waals surface area contributed by atoms with E-state index in [4.69, 9.17) is 4.42 Å². The van der Waals surface area contributed by atoms with Gasteiger partial charge in [0.1, 0.15) is 17.1 Å². The average Bonchev–Trinajstić information content (AvgIpc) is 2.66. The quantitative estimate of drug-likeness (QED) is 0.845. The first kappa shape index (κ1) is 12.2. The van der Waals surface area contributed by atoms with Gasteiger partial charge in [0, 0.05) is 12.6 Å². The minimum absolute atomic E-state index is 0.168. The summed E-state index contributed by atoms with van der Waals surface area (Å²) in [4.78, 5) is 12.9. The smallest absolute Gasteiger partial charge is 0.246 e. The molecular formula is C14H15NO3. The van der Waals surface area contributed by atoms with Gasteiger partial charge in [0.15, 0.2) is 0 Å². The molecule has 0 aliphatic carbocycles. The van der Waals surface area contributed by atoms with Crippen molar-refractivity contribution in [3.63, 3.8) is 0 Å². The van der Waals surface area contributed by atoms with Gasteiger partial charge in [0.05, 0.1) is 11.9 Å². The van der Waals surface area contributed by atoms with Gasteiger partial charge in [0.2, 0.25) is 5.91 Å². The Labute approximate surface area is 105 Å². The van der Waals surface area contributed by atoms with Crippen LogP contribution in [0.3, 0.4) is 0 Å². The highest BCUT2D eigenvalue weighted by atomic mass is 16.3. The van der Waals surface area contributed by atoms with Gasteiger partial charge in [-0.25, -0.2) is 0 Å². The Hall–Kier alpha value is -2.23. The lowest BCUT2D eigenvalue weighted by atomic mass is 10.1. The minimum Gasteiger partial charge on any atom is -0.507 e. The number of furan rings is 1. The van der Waals surface area contributed by atoms with Gasteiger partial charge in [0.25, 0.3) is 0 Å². The number of phenols is 1. The van der Waals surface area contributed by atoms with Crippen molar-refractivity contribution in [3.8, 4) is 5.75 Å². The van der Waals surface area contributed by atoms with E-state index in [1.54, 1.807) is 25.2 Å². The molecule has 0 spiro atoms. The van der Waals surface area contributed by atoms with Crippen LogP contribution >= 0.6 is 0 Å². The molecule has 0 aliphatic rings. The van der Waals surface area contributed by atoms with Crippen molar-refractivity contribution >= 4 is 16.9 Å². The number of fused-ring (bicyclic) bond motifs is 1. The highest BCUT2D eigenvalue weighted by Gasteiger charge is 2.16. The number of hydrogen-bond donors (Lipinski definition) is 1. The molecule has 0 bridgehead atoms. The molecular weight excluding hydrogens is 230 g/mol. The van der Waals surface area contributed by atoms with Crippen LogP contribution < -0.4 is 0 Å². The molecule has 0 aliphatic heterocycles. The molecule has 0 atom stereocenters. The summed E-state index contributed by atoms with van der Waals surface area (Å²) >= 11 is 0. The Morgan fingerprint density at radius 2 is 2.28 bits per heavy atom. The van der Waals surface area contributed by atoms with Crippen LogP contribution in [0.25, 0.3) is 11.0 Å². The molecule has 4 nitrogen and oxygen atoms in total. The summed E-state index contributed by atoms with van der Waals surface area (Å²) in [5.41, 5.74) is 1.48. The van der Waals surface area contributed by atoms with E-state index in [1.165, 1.54) is 11.0 Å². The Morgan fingerprint density at radius 3 is 2.89 bits per heavy atom. The number of carbonyl (C=O) groups excluding carboxylic acids is 1. The van der Waals surface area contributed by atoms with Crippen LogP contribution in [0, 0.1) is 6.92 Å². The summed E-state index contributed by atoms with van der Waals surface area (Å²) in [6.07, 6.45) is 1.26. The molecule has 1 aromatic heterocycles. The van der Waals surface area contributed by atoms with Crippen molar-refractivity contribution in [2.75, 3.05) is 7.05 Å². The summed E-state index contributed by atoms with van der Waals surface area (Å²) in [7, 11) is 1.68. The number of nitrogens with zero attached hydrogens (tertiary/aromatic N) is 1. The molecule has 94 valence electrons. The Morgan fingerprint density at radius 1 is 1.56 bits per heavy atom. The fourth-order valence-electron chi connectivity index (χ4n) is 1.93. The number of carbonyl (C=O) groups is 1. The number of likely N-dealkylation sites (N-methyl/N-ethyl adjacent to an activating group) is 1. The fraction of sp³-hybridized carbons (Fsp3) is 0.214. The molecule has 0 fully saturated rings. The van der Waals surface area contributed by atoms with Gasteiger partial charge in [-0.1, -0.05) is 12.6 Å². The van der Waals surface area contributed by atoms with Crippen LogP contribution in [-0.2, 0) is 11.3 Å². The van der Waals surface area contributed by atoms with E-state index in [0.29, 0.717) is 23.3 Å². The summed E-state index contributed by atoms with van der Waals surface area (Å²) in [6, 6.07) is 5.14. The van der Waals surface area contributed by atoms with Gasteiger partial charge >= 0.3 is 0 Å². The standard InChI is InChI=1S/C14H15NO3/c1-4-13(17)15(3)8-12-9(2)14-10(16)6-5-7-11(14)18-12/h4-7,16H,1,8H2,2-3H3. The maximum Gasteiger partial charge on any atom is 0.246 e. The predicted octanol–water partition coefficient (Wildman–Crippen LogP) is 2.59. The molecule has 0 unspecified atom stereocenters. The second kappa shape index (κ2) is 4.56. The molecule has 2 rings (SSSR count). The van der Waals surface area contributed by atoms with Crippen molar-refractivity contribution < 1.29 is 14.3 Å². The van der Waals surface area contributed by atoms with E-state index in [0.717, 1.165) is 5.56 Å². The zero-order chi connectivity index (χ0) is 13.3. The van der Waals surface area contributed by atoms with E-state index in [1.807, 2.05) is 6.92 Å². The first-order chi connectivity index (χ1) is 8.54. The Kier molecular flexibility index (Phi) is 3.10. The molecule has 0 saturated carbocycles. The van der Waals surface area contributed by atoms with E-state index in [-0.39, 0.29) is 11.7 Å². The Balaban J connectivity index is 2.41. The largest absolute Gasteiger partial charge is 0.507 e. The zero-order valence-electron chi connectivity index (χ0n) is 10.4. The second-order valence-electron chi connectivity index (χ2n) is 4.20. The number of aryl methyl sites for hydroxylation is 1. The molecule has 1 amide bonds. The maximum atomic E-state index is 11.4. The molecule has 4 heteroatoms. The third-order valence-electron chi connectivity index (χ3n) is 2.96. The lowest BCUT2D eigenvalue weighted by molar-refractivity contribution is -0.125. The molecule has 18 heavy (non-hydrogen) atoms. The average molecular weight is 245 g/mol. The van der Waals surface area contributed by atoms with Crippen LogP contribution in [-0.4, -0.2) is 23.0 Å². The first-order valence-corrected chi connectivity index (χ1v) is 5.62. The normalized spacial score (nSPS) is 10.6. The molecule has 1 heterocycles. The second-order valence-corrected chi connectivity index (χ2v) is 4.20. The number of hydrogen-bond acceptors (Lipinski definition) is 3. The van der Waals surface area contributed by atoms with E-state index in [9.17, 15) is 9.90 Å². The molecule has 2 aromatic rings. The van der Waals surface area contributed by atoms with Crippen LogP contribution in [0.4, 0.5) is 0 Å². The van der Waals surface area contributed by atoms with Crippen molar-refractivity contribution in [1.82, 2.24) is 4.90 Å². The number of rotatable bonds is 3. The molecule has 1 N–H and O–H groups in total. The molecule has 0 saturated heterocycles. The number of amides is 1. The predicted molar refractivity (Wildman–Crippen MR) is 69.3 cm³/mol. The lowest BCUT2D eigenvalue weighted by Crippen LogP contribution is -2.23. The van der Waals surface area contributed by atoms with Crippen molar-refractivity contribution in [2.24, 2.45) is 0 Å². The third kappa shape index (κ3) is 1.97. The maximum absolute atomic E-state index is 11.4.